The maximum absolute atomic E-state index is 13.3. The number of fused-ring (bicyclic) bond motifs is 1. The summed E-state index contributed by atoms with van der Waals surface area (Å²) in [7, 11) is 0. The molecule has 0 amide bonds. The number of halogens is 2. The monoisotopic (exact) mass is 241 g/mol. The van der Waals surface area contributed by atoms with E-state index in [1.807, 2.05) is 0 Å². The van der Waals surface area contributed by atoms with E-state index >= 15 is 0 Å². The van der Waals surface area contributed by atoms with Gasteiger partial charge < -0.3 is 9.52 Å². The molecule has 0 fully saturated rings. The van der Waals surface area contributed by atoms with Crippen molar-refractivity contribution in [2.24, 2.45) is 0 Å². The van der Waals surface area contributed by atoms with Crippen LogP contribution in [0, 0.1) is 0 Å². The third kappa shape index (κ3) is 2.77. The summed E-state index contributed by atoms with van der Waals surface area (Å²) in [6.07, 6.45) is -0.582. The molecule has 0 bridgehead atoms. The summed E-state index contributed by atoms with van der Waals surface area (Å²) < 4.78 is 31.5. The number of oxazole rings is 1. The van der Waals surface area contributed by atoms with Crippen LogP contribution in [-0.2, 0) is 11.2 Å². The molecule has 2 aromatic rings. The normalized spacial score (nSPS) is 11.9. The lowest BCUT2D eigenvalue weighted by atomic mass is 10.0. The molecule has 0 aliphatic heterocycles. The molecule has 4 nitrogen and oxygen atoms in total. The minimum absolute atomic E-state index is 0.320. The van der Waals surface area contributed by atoms with Crippen molar-refractivity contribution in [2.45, 2.75) is 18.8 Å². The molecule has 17 heavy (non-hydrogen) atoms. The number of hydrogen-bond donors (Lipinski definition) is 1. The summed E-state index contributed by atoms with van der Waals surface area (Å²) in [6.45, 7) is 0. The van der Waals surface area contributed by atoms with Crippen LogP contribution in [0.1, 0.15) is 12.0 Å². The Balaban J connectivity index is 2.19. The van der Waals surface area contributed by atoms with Gasteiger partial charge >= 0.3 is 5.97 Å². The first-order valence-corrected chi connectivity index (χ1v) is 4.88. The SMILES string of the molecule is O=C(O)CC(F)(F)Cc1ccc2ncoc2c1. The quantitative estimate of drug-likeness (QED) is 0.893. The number of hydrogen-bond acceptors (Lipinski definition) is 3. The highest BCUT2D eigenvalue weighted by molar-refractivity contribution is 5.73. The number of rotatable bonds is 4. The average Bonchev–Trinajstić information content (AvgIpc) is 2.61. The Bertz CT molecular complexity index is 550. The maximum atomic E-state index is 13.3. The molecule has 0 saturated heterocycles. The van der Waals surface area contributed by atoms with Crippen molar-refractivity contribution in [3.05, 3.63) is 30.2 Å². The predicted molar refractivity (Wildman–Crippen MR) is 54.9 cm³/mol. The molecular formula is C11H9F2NO3. The summed E-state index contributed by atoms with van der Waals surface area (Å²) in [4.78, 5) is 14.1. The number of aromatic nitrogens is 1. The van der Waals surface area contributed by atoms with Crippen LogP contribution in [0.15, 0.2) is 29.0 Å². The van der Waals surface area contributed by atoms with Crippen LogP contribution in [-0.4, -0.2) is 22.0 Å². The van der Waals surface area contributed by atoms with Crippen molar-refractivity contribution >= 4 is 17.1 Å². The zero-order chi connectivity index (χ0) is 12.5. The Hall–Kier alpha value is -1.98. The molecule has 0 aliphatic rings. The highest BCUT2D eigenvalue weighted by Gasteiger charge is 2.32. The van der Waals surface area contributed by atoms with E-state index in [4.69, 9.17) is 9.52 Å². The van der Waals surface area contributed by atoms with E-state index in [2.05, 4.69) is 4.98 Å². The first-order chi connectivity index (χ1) is 7.96. The van der Waals surface area contributed by atoms with Crippen molar-refractivity contribution in [1.29, 1.82) is 0 Å². The van der Waals surface area contributed by atoms with Gasteiger partial charge in [-0.2, -0.15) is 0 Å². The first-order valence-electron chi connectivity index (χ1n) is 4.88. The Morgan fingerprint density at radius 1 is 1.47 bits per heavy atom. The fraction of sp³-hybridized carbons (Fsp3) is 0.273. The molecule has 90 valence electrons. The Morgan fingerprint density at radius 2 is 2.24 bits per heavy atom. The number of carboxylic acids is 1. The van der Waals surface area contributed by atoms with Crippen molar-refractivity contribution in [1.82, 2.24) is 4.98 Å². The van der Waals surface area contributed by atoms with Gasteiger partial charge in [-0.25, -0.2) is 13.8 Å². The van der Waals surface area contributed by atoms with E-state index in [1.54, 1.807) is 6.07 Å². The van der Waals surface area contributed by atoms with E-state index in [0.29, 0.717) is 16.7 Å². The van der Waals surface area contributed by atoms with Crippen LogP contribution in [0.2, 0.25) is 0 Å². The summed E-state index contributed by atoms with van der Waals surface area (Å²) in [6, 6.07) is 4.49. The van der Waals surface area contributed by atoms with Crippen LogP contribution in [0.4, 0.5) is 8.78 Å². The molecule has 1 aromatic carbocycles. The second-order valence-electron chi connectivity index (χ2n) is 3.76. The van der Waals surface area contributed by atoms with Crippen LogP contribution in [0.3, 0.4) is 0 Å². The van der Waals surface area contributed by atoms with E-state index in [1.165, 1.54) is 18.5 Å². The molecule has 6 heteroatoms. The molecule has 1 N–H and O–H groups in total. The van der Waals surface area contributed by atoms with Crippen LogP contribution < -0.4 is 0 Å². The smallest absolute Gasteiger partial charge is 0.309 e. The van der Waals surface area contributed by atoms with Gasteiger partial charge in [-0.15, -0.1) is 0 Å². The second-order valence-corrected chi connectivity index (χ2v) is 3.76. The van der Waals surface area contributed by atoms with Crippen molar-refractivity contribution in [3.8, 4) is 0 Å². The minimum Gasteiger partial charge on any atom is -0.481 e. The number of carbonyl (C=O) groups is 1. The van der Waals surface area contributed by atoms with Crippen molar-refractivity contribution < 1.29 is 23.1 Å². The largest absolute Gasteiger partial charge is 0.481 e. The lowest BCUT2D eigenvalue weighted by Crippen LogP contribution is -2.23. The topological polar surface area (TPSA) is 63.3 Å². The number of nitrogens with zero attached hydrogens (tertiary/aromatic N) is 1. The molecule has 0 atom stereocenters. The van der Waals surface area contributed by atoms with Gasteiger partial charge in [0, 0.05) is 6.42 Å². The maximum Gasteiger partial charge on any atom is 0.309 e. The van der Waals surface area contributed by atoms with Crippen LogP contribution in [0.25, 0.3) is 11.1 Å². The number of benzene rings is 1. The number of carboxylic acid groups (broad SMARTS) is 1. The van der Waals surface area contributed by atoms with Crippen LogP contribution >= 0.6 is 0 Å². The summed E-state index contributed by atoms with van der Waals surface area (Å²) >= 11 is 0. The van der Waals surface area contributed by atoms with E-state index in [9.17, 15) is 13.6 Å². The zero-order valence-corrected chi connectivity index (χ0v) is 8.69. The molecule has 1 heterocycles. The number of alkyl halides is 2. The Kier molecular flexibility index (Phi) is 2.79. The Labute approximate surface area is 94.9 Å². The number of aliphatic carboxylic acids is 1. The van der Waals surface area contributed by atoms with Crippen LogP contribution in [0.5, 0.6) is 0 Å². The molecular weight excluding hydrogens is 232 g/mol. The minimum atomic E-state index is -3.26. The average molecular weight is 241 g/mol. The highest BCUT2D eigenvalue weighted by Crippen LogP contribution is 2.25. The van der Waals surface area contributed by atoms with E-state index < -0.39 is 24.7 Å². The standard InChI is InChI=1S/C11H9F2NO3/c12-11(13,5-10(15)16)4-7-1-2-8-9(3-7)17-6-14-8/h1-3,6H,4-5H2,(H,15,16). The summed E-state index contributed by atoms with van der Waals surface area (Å²) in [5.74, 6) is -4.78. The summed E-state index contributed by atoms with van der Waals surface area (Å²) in [5, 5.41) is 8.36. The molecule has 0 spiro atoms. The fourth-order valence-electron chi connectivity index (χ4n) is 1.59. The fourth-order valence-corrected chi connectivity index (χ4v) is 1.59. The van der Waals surface area contributed by atoms with Gasteiger partial charge in [-0.05, 0) is 17.7 Å². The zero-order valence-electron chi connectivity index (χ0n) is 8.69. The van der Waals surface area contributed by atoms with E-state index in [-0.39, 0.29) is 0 Å². The molecule has 0 unspecified atom stereocenters. The first kappa shape index (κ1) is 11.5. The van der Waals surface area contributed by atoms with Gasteiger partial charge in [0.15, 0.2) is 12.0 Å². The Morgan fingerprint density at radius 3 is 2.94 bits per heavy atom. The third-order valence-electron chi connectivity index (χ3n) is 2.27. The lowest BCUT2D eigenvalue weighted by molar-refractivity contribution is -0.144. The van der Waals surface area contributed by atoms with Crippen molar-refractivity contribution in [3.63, 3.8) is 0 Å². The van der Waals surface area contributed by atoms with Gasteiger partial charge in [-0.1, -0.05) is 6.07 Å². The second kappa shape index (κ2) is 4.12. The van der Waals surface area contributed by atoms with E-state index in [0.717, 1.165) is 0 Å². The van der Waals surface area contributed by atoms with Gasteiger partial charge in [0.25, 0.3) is 5.92 Å². The molecule has 1 aromatic heterocycles. The lowest BCUT2D eigenvalue weighted by Gasteiger charge is -2.13. The van der Waals surface area contributed by atoms with Gasteiger partial charge in [0.05, 0.1) is 0 Å². The molecule has 2 rings (SSSR count). The highest BCUT2D eigenvalue weighted by atomic mass is 19.3. The van der Waals surface area contributed by atoms with Gasteiger partial charge in [-0.3, -0.25) is 4.79 Å². The summed E-state index contributed by atoms with van der Waals surface area (Å²) in [5.41, 5.74) is 1.31. The predicted octanol–water partition coefficient (Wildman–Crippen LogP) is 2.48. The third-order valence-corrected chi connectivity index (χ3v) is 2.27. The van der Waals surface area contributed by atoms with Crippen molar-refractivity contribution in [2.75, 3.05) is 0 Å². The van der Waals surface area contributed by atoms with Gasteiger partial charge in [0.2, 0.25) is 0 Å². The van der Waals surface area contributed by atoms with Gasteiger partial charge in [0.1, 0.15) is 11.9 Å². The molecule has 0 radical (unpaired) electrons. The molecule has 0 aliphatic carbocycles. The molecule has 0 saturated carbocycles.